The SMILES string of the molecule is Cl.O=C(CN1C(=O)COc2ccccc21)Nc1ccc2c(c1F)CCNC2. The van der Waals surface area contributed by atoms with Crippen LogP contribution >= 0.6 is 12.4 Å². The third-order valence-corrected chi connectivity index (χ3v) is 4.59. The zero-order valence-electron chi connectivity index (χ0n) is 14.5. The van der Waals surface area contributed by atoms with Crippen LogP contribution in [0.25, 0.3) is 0 Å². The molecule has 2 aliphatic rings. The van der Waals surface area contributed by atoms with Crippen molar-refractivity contribution in [2.24, 2.45) is 0 Å². The molecule has 0 aromatic heterocycles. The van der Waals surface area contributed by atoms with E-state index in [-0.39, 0.29) is 37.2 Å². The molecule has 0 saturated heterocycles. The van der Waals surface area contributed by atoms with Crippen LogP contribution in [0.5, 0.6) is 5.75 Å². The fourth-order valence-corrected chi connectivity index (χ4v) is 3.29. The van der Waals surface area contributed by atoms with Gasteiger partial charge >= 0.3 is 0 Å². The summed E-state index contributed by atoms with van der Waals surface area (Å²) in [6.45, 7) is 1.02. The van der Waals surface area contributed by atoms with Crippen molar-refractivity contribution in [1.82, 2.24) is 5.32 Å². The highest BCUT2D eigenvalue weighted by Gasteiger charge is 2.27. The summed E-state index contributed by atoms with van der Waals surface area (Å²) in [7, 11) is 0. The van der Waals surface area contributed by atoms with E-state index in [9.17, 15) is 14.0 Å². The van der Waals surface area contributed by atoms with Crippen LogP contribution in [0.2, 0.25) is 0 Å². The van der Waals surface area contributed by atoms with Crippen molar-refractivity contribution in [1.29, 1.82) is 0 Å². The number of nitrogens with one attached hydrogen (secondary N) is 2. The number of nitrogens with zero attached hydrogens (tertiary/aromatic N) is 1. The lowest BCUT2D eigenvalue weighted by Gasteiger charge is -2.28. The third kappa shape index (κ3) is 3.74. The van der Waals surface area contributed by atoms with Crippen molar-refractivity contribution in [3.8, 4) is 5.75 Å². The van der Waals surface area contributed by atoms with Gasteiger partial charge in [0.15, 0.2) is 6.61 Å². The first-order chi connectivity index (χ1) is 12.6. The summed E-state index contributed by atoms with van der Waals surface area (Å²) >= 11 is 0. The minimum Gasteiger partial charge on any atom is -0.482 e. The molecule has 8 heteroatoms. The quantitative estimate of drug-likeness (QED) is 0.842. The van der Waals surface area contributed by atoms with Gasteiger partial charge in [-0.25, -0.2) is 4.39 Å². The molecule has 0 saturated carbocycles. The average Bonchev–Trinajstić information content (AvgIpc) is 2.66. The molecule has 2 aromatic carbocycles. The van der Waals surface area contributed by atoms with Crippen molar-refractivity contribution >= 4 is 35.6 Å². The van der Waals surface area contributed by atoms with E-state index < -0.39 is 11.7 Å². The Labute approximate surface area is 162 Å². The van der Waals surface area contributed by atoms with Crippen LogP contribution in [-0.2, 0) is 22.6 Å². The zero-order valence-corrected chi connectivity index (χ0v) is 15.3. The molecule has 0 unspecified atom stereocenters. The Morgan fingerprint density at radius 2 is 2.07 bits per heavy atom. The number of fused-ring (bicyclic) bond motifs is 2. The molecule has 2 aromatic rings. The van der Waals surface area contributed by atoms with Crippen molar-refractivity contribution in [2.75, 3.05) is 29.9 Å². The van der Waals surface area contributed by atoms with Crippen molar-refractivity contribution in [3.63, 3.8) is 0 Å². The third-order valence-electron chi connectivity index (χ3n) is 4.59. The van der Waals surface area contributed by atoms with E-state index >= 15 is 0 Å². The molecule has 2 aliphatic heterocycles. The van der Waals surface area contributed by atoms with Crippen LogP contribution in [0.3, 0.4) is 0 Å². The summed E-state index contributed by atoms with van der Waals surface area (Å²) < 4.78 is 20.0. The molecular weight excluding hydrogens is 373 g/mol. The number of ether oxygens (including phenoxy) is 1. The van der Waals surface area contributed by atoms with Gasteiger partial charge in [-0.3, -0.25) is 14.5 Å². The average molecular weight is 392 g/mol. The Bertz CT molecular complexity index is 890. The number of hydrogen-bond acceptors (Lipinski definition) is 4. The molecule has 142 valence electrons. The Morgan fingerprint density at radius 1 is 1.26 bits per heavy atom. The van der Waals surface area contributed by atoms with Crippen LogP contribution < -0.4 is 20.3 Å². The van der Waals surface area contributed by atoms with E-state index in [0.29, 0.717) is 36.5 Å². The molecule has 0 spiro atoms. The number of anilines is 2. The van der Waals surface area contributed by atoms with Gasteiger partial charge < -0.3 is 15.4 Å². The van der Waals surface area contributed by atoms with Gasteiger partial charge in [-0.2, -0.15) is 0 Å². The molecule has 0 atom stereocenters. The standard InChI is InChI=1S/C19H18FN3O3.ClH/c20-19-13-7-8-21-9-12(13)5-6-14(19)22-17(24)10-23-15-3-1-2-4-16(15)26-11-18(23)25;/h1-6,21H,7-11H2,(H,22,24);1H. The molecule has 0 radical (unpaired) electrons. The molecule has 2 amide bonds. The molecular formula is C19H19ClFN3O3. The van der Waals surface area contributed by atoms with Crippen molar-refractivity contribution in [2.45, 2.75) is 13.0 Å². The van der Waals surface area contributed by atoms with Crippen LogP contribution in [0.4, 0.5) is 15.8 Å². The maximum Gasteiger partial charge on any atom is 0.265 e. The van der Waals surface area contributed by atoms with Gasteiger partial charge in [0.05, 0.1) is 11.4 Å². The van der Waals surface area contributed by atoms with Gasteiger partial charge in [-0.15, -0.1) is 12.4 Å². The van der Waals surface area contributed by atoms with Gasteiger partial charge in [0.1, 0.15) is 18.1 Å². The highest BCUT2D eigenvalue weighted by atomic mass is 35.5. The minimum absolute atomic E-state index is 0. The Morgan fingerprint density at radius 3 is 2.93 bits per heavy atom. The number of hydrogen-bond donors (Lipinski definition) is 2. The Balaban J connectivity index is 0.00000210. The van der Waals surface area contributed by atoms with Crippen molar-refractivity contribution in [3.05, 3.63) is 53.3 Å². The zero-order chi connectivity index (χ0) is 18.1. The number of carbonyl (C=O) groups is 2. The van der Waals surface area contributed by atoms with Crippen LogP contribution in [0, 0.1) is 5.82 Å². The Hall–Kier alpha value is -2.64. The lowest BCUT2D eigenvalue weighted by Crippen LogP contribution is -2.43. The van der Waals surface area contributed by atoms with Crippen LogP contribution in [0.1, 0.15) is 11.1 Å². The van der Waals surface area contributed by atoms with E-state index in [4.69, 9.17) is 4.74 Å². The second kappa shape index (κ2) is 7.94. The largest absolute Gasteiger partial charge is 0.482 e. The molecule has 4 rings (SSSR count). The summed E-state index contributed by atoms with van der Waals surface area (Å²) in [5.41, 5.74) is 2.22. The number of carbonyl (C=O) groups excluding carboxylic acids is 2. The van der Waals surface area contributed by atoms with Gasteiger partial charge in [0.25, 0.3) is 5.91 Å². The summed E-state index contributed by atoms with van der Waals surface area (Å²) in [6.07, 6.45) is 0.584. The number of amides is 2. The van der Waals surface area contributed by atoms with E-state index in [1.54, 1.807) is 30.3 Å². The van der Waals surface area contributed by atoms with Gasteiger partial charge in [-0.1, -0.05) is 18.2 Å². The predicted molar refractivity (Wildman–Crippen MR) is 102 cm³/mol. The topological polar surface area (TPSA) is 70.7 Å². The fraction of sp³-hybridized carbons (Fsp3) is 0.263. The normalized spacial score (nSPS) is 15.1. The molecule has 0 fully saturated rings. The molecule has 0 aliphatic carbocycles. The molecule has 2 N–H and O–H groups in total. The number of rotatable bonds is 3. The first-order valence-electron chi connectivity index (χ1n) is 8.46. The first-order valence-corrected chi connectivity index (χ1v) is 8.46. The van der Waals surface area contributed by atoms with E-state index in [1.165, 1.54) is 4.90 Å². The molecule has 6 nitrogen and oxygen atoms in total. The van der Waals surface area contributed by atoms with Crippen molar-refractivity contribution < 1.29 is 18.7 Å². The number of halogens is 2. The summed E-state index contributed by atoms with van der Waals surface area (Å²) in [6, 6.07) is 10.4. The summed E-state index contributed by atoms with van der Waals surface area (Å²) in [5.74, 6) is -0.614. The second-order valence-corrected chi connectivity index (χ2v) is 6.28. The predicted octanol–water partition coefficient (Wildman–Crippen LogP) is 2.26. The lowest BCUT2D eigenvalue weighted by atomic mass is 9.99. The van der Waals surface area contributed by atoms with E-state index in [0.717, 1.165) is 5.56 Å². The fourth-order valence-electron chi connectivity index (χ4n) is 3.29. The minimum atomic E-state index is -0.456. The summed E-state index contributed by atoms with van der Waals surface area (Å²) in [4.78, 5) is 25.9. The highest BCUT2D eigenvalue weighted by Crippen LogP contribution is 2.31. The smallest absolute Gasteiger partial charge is 0.265 e. The first kappa shape index (κ1) is 19.1. The van der Waals surface area contributed by atoms with E-state index in [1.807, 2.05) is 6.07 Å². The van der Waals surface area contributed by atoms with Gasteiger partial charge in [0.2, 0.25) is 5.91 Å². The second-order valence-electron chi connectivity index (χ2n) is 6.28. The number of para-hydroxylation sites is 2. The molecule has 2 heterocycles. The number of benzene rings is 2. The maximum atomic E-state index is 14.7. The maximum absolute atomic E-state index is 14.7. The van der Waals surface area contributed by atoms with Gasteiger partial charge in [-0.05, 0) is 42.3 Å². The highest BCUT2D eigenvalue weighted by molar-refractivity contribution is 6.05. The molecule has 0 bridgehead atoms. The molecule has 27 heavy (non-hydrogen) atoms. The van der Waals surface area contributed by atoms with E-state index in [2.05, 4.69) is 10.6 Å². The lowest BCUT2D eigenvalue weighted by molar-refractivity contribution is -0.123. The monoisotopic (exact) mass is 391 g/mol. The van der Waals surface area contributed by atoms with Crippen LogP contribution in [0.15, 0.2) is 36.4 Å². The summed E-state index contributed by atoms with van der Waals surface area (Å²) in [5, 5.41) is 5.78. The van der Waals surface area contributed by atoms with Crippen LogP contribution in [-0.4, -0.2) is 31.5 Å². The van der Waals surface area contributed by atoms with Gasteiger partial charge in [0, 0.05) is 6.54 Å². The Kier molecular flexibility index (Phi) is 5.62.